The Labute approximate surface area is 217 Å². The summed E-state index contributed by atoms with van der Waals surface area (Å²) in [6.45, 7) is 5.36. The second kappa shape index (κ2) is 11.7. The number of methoxy groups -OCH3 is 1. The number of hydrogen-bond acceptors (Lipinski definition) is 5. The Kier molecular flexibility index (Phi) is 9.32. The van der Waals surface area contributed by atoms with Crippen LogP contribution >= 0.6 is 0 Å². The molecule has 208 valence electrons. The molecule has 1 aromatic heterocycles. The summed E-state index contributed by atoms with van der Waals surface area (Å²) in [6, 6.07) is 0. The highest BCUT2D eigenvalue weighted by molar-refractivity contribution is 7.91. The van der Waals surface area contributed by atoms with Crippen LogP contribution in [0.4, 0.5) is 13.2 Å². The van der Waals surface area contributed by atoms with Crippen molar-refractivity contribution >= 4 is 21.4 Å². The fourth-order valence-corrected chi connectivity index (χ4v) is 6.37. The van der Waals surface area contributed by atoms with Crippen molar-refractivity contribution in [3.63, 3.8) is 0 Å². The molecule has 1 unspecified atom stereocenters. The first-order valence-corrected chi connectivity index (χ1v) is 14.8. The SMILES string of the molecule is CCc1nc(C(=O)NC[C@H]2CC[C@H](S(C)(=O)=O)CC2)c(C)n1C1=CC=C(CC(C)C(F)(F)F)C[C@H]1OC. The Morgan fingerprint density at radius 1 is 1.24 bits per heavy atom. The lowest BCUT2D eigenvalue weighted by Gasteiger charge is -2.28. The van der Waals surface area contributed by atoms with Crippen molar-refractivity contribution in [2.45, 2.75) is 83.2 Å². The number of nitrogens with zero attached hydrogens (tertiary/aromatic N) is 2. The molecule has 1 amide bonds. The highest BCUT2D eigenvalue weighted by atomic mass is 32.2. The maximum atomic E-state index is 13.1. The third-order valence-corrected chi connectivity index (χ3v) is 9.28. The molecule has 3 rings (SSSR count). The summed E-state index contributed by atoms with van der Waals surface area (Å²) in [7, 11) is -1.51. The van der Waals surface area contributed by atoms with Gasteiger partial charge in [0.2, 0.25) is 0 Å². The Bertz CT molecular complexity index is 1150. The normalized spacial score (nSPS) is 23.8. The Morgan fingerprint density at radius 3 is 2.43 bits per heavy atom. The molecule has 2 atom stereocenters. The van der Waals surface area contributed by atoms with Gasteiger partial charge < -0.3 is 14.6 Å². The monoisotopic (exact) mass is 545 g/mol. The standard InChI is InChI=1S/C26H38F3N3O4S/c1-6-23-31-24(25(33)30-15-18-7-10-20(11-8-18)37(5,34)35)17(3)32(23)21-12-9-19(14-22(21)36-4)13-16(2)26(27,28)29/h9,12,16,18,20,22H,6-8,10-11,13-15H2,1-5H3,(H,30,33)/t16?,18-,20-,22-/m1/s1. The minimum atomic E-state index is -4.25. The van der Waals surface area contributed by atoms with Crippen molar-refractivity contribution in [3.05, 3.63) is 34.9 Å². The van der Waals surface area contributed by atoms with Crippen LogP contribution < -0.4 is 5.32 Å². The van der Waals surface area contributed by atoms with Gasteiger partial charge in [-0.2, -0.15) is 13.2 Å². The second-order valence-corrected chi connectivity index (χ2v) is 12.7. The van der Waals surface area contributed by atoms with E-state index in [1.165, 1.54) is 20.3 Å². The Hall–Kier alpha value is -2.14. The van der Waals surface area contributed by atoms with Crippen molar-refractivity contribution in [2.24, 2.45) is 11.8 Å². The Balaban J connectivity index is 1.75. The van der Waals surface area contributed by atoms with Crippen LogP contribution in [0.5, 0.6) is 0 Å². The van der Waals surface area contributed by atoms with Gasteiger partial charge in [0.1, 0.15) is 27.5 Å². The van der Waals surface area contributed by atoms with E-state index in [0.717, 1.165) is 18.5 Å². The lowest BCUT2D eigenvalue weighted by molar-refractivity contribution is -0.169. The van der Waals surface area contributed by atoms with Crippen LogP contribution in [0.15, 0.2) is 17.7 Å². The quantitative estimate of drug-likeness (QED) is 0.479. The lowest BCUT2D eigenvalue weighted by atomic mass is 9.89. The molecule has 0 spiro atoms. The average Bonchev–Trinajstić information content (AvgIpc) is 3.17. The number of carbonyl (C=O) groups is 1. The Morgan fingerprint density at radius 2 is 1.89 bits per heavy atom. The molecule has 7 nitrogen and oxygen atoms in total. The van der Waals surface area contributed by atoms with Gasteiger partial charge in [0.15, 0.2) is 0 Å². The average molecular weight is 546 g/mol. The zero-order chi connectivity index (χ0) is 27.5. The first-order chi connectivity index (χ1) is 17.3. The molecule has 11 heteroatoms. The maximum absolute atomic E-state index is 13.1. The second-order valence-electron chi connectivity index (χ2n) is 10.3. The zero-order valence-electron chi connectivity index (χ0n) is 22.2. The van der Waals surface area contributed by atoms with Gasteiger partial charge in [-0.1, -0.05) is 25.5 Å². The van der Waals surface area contributed by atoms with Crippen LogP contribution in [0, 0.1) is 18.8 Å². The fraction of sp³-hybridized carbons (Fsp3) is 0.692. The van der Waals surface area contributed by atoms with Gasteiger partial charge in [-0.3, -0.25) is 4.79 Å². The predicted molar refractivity (Wildman–Crippen MR) is 137 cm³/mol. The van der Waals surface area contributed by atoms with Crippen LogP contribution in [0.3, 0.4) is 0 Å². The number of sulfone groups is 1. The fourth-order valence-electron chi connectivity index (χ4n) is 5.24. The number of ether oxygens (including phenoxy) is 1. The van der Waals surface area contributed by atoms with Crippen LogP contribution in [0.1, 0.15) is 74.4 Å². The number of aryl methyl sites for hydroxylation is 1. The zero-order valence-corrected chi connectivity index (χ0v) is 23.0. The van der Waals surface area contributed by atoms with E-state index in [2.05, 4.69) is 10.3 Å². The third kappa shape index (κ3) is 7.04. The molecule has 0 aliphatic heterocycles. The predicted octanol–water partition coefficient (Wildman–Crippen LogP) is 4.86. The first kappa shape index (κ1) is 29.4. The summed E-state index contributed by atoms with van der Waals surface area (Å²) in [5.41, 5.74) is 2.35. The smallest absolute Gasteiger partial charge is 0.375 e. The number of alkyl halides is 3. The van der Waals surface area contributed by atoms with Crippen molar-refractivity contribution < 1.29 is 31.1 Å². The van der Waals surface area contributed by atoms with Gasteiger partial charge in [-0.05, 0) is 51.0 Å². The van der Waals surface area contributed by atoms with E-state index in [9.17, 15) is 26.4 Å². The summed E-state index contributed by atoms with van der Waals surface area (Å²) in [5, 5.41) is 2.67. The molecule has 37 heavy (non-hydrogen) atoms. The minimum Gasteiger partial charge on any atom is -0.375 e. The molecule has 2 aliphatic carbocycles. The molecule has 0 bridgehead atoms. The molecular formula is C26H38F3N3O4S. The van der Waals surface area contributed by atoms with Gasteiger partial charge in [0.25, 0.3) is 5.91 Å². The van der Waals surface area contributed by atoms with Crippen LogP contribution in [-0.2, 0) is 21.0 Å². The van der Waals surface area contributed by atoms with Crippen molar-refractivity contribution in [1.82, 2.24) is 14.9 Å². The van der Waals surface area contributed by atoms with Gasteiger partial charge in [-0.25, -0.2) is 13.4 Å². The molecule has 0 radical (unpaired) electrons. The topological polar surface area (TPSA) is 90.3 Å². The maximum Gasteiger partial charge on any atom is 0.391 e. The number of rotatable bonds is 9. The first-order valence-electron chi connectivity index (χ1n) is 12.8. The van der Waals surface area contributed by atoms with Crippen LogP contribution in [0.25, 0.3) is 5.70 Å². The van der Waals surface area contributed by atoms with Gasteiger partial charge >= 0.3 is 6.18 Å². The molecule has 1 N–H and O–H groups in total. The molecule has 0 aromatic carbocycles. The number of allylic oxidation sites excluding steroid dienone is 2. The van der Waals surface area contributed by atoms with Crippen molar-refractivity contribution in [1.29, 1.82) is 0 Å². The van der Waals surface area contributed by atoms with Gasteiger partial charge in [-0.15, -0.1) is 0 Å². The van der Waals surface area contributed by atoms with E-state index in [1.807, 2.05) is 11.5 Å². The van der Waals surface area contributed by atoms with Gasteiger partial charge in [0, 0.05) is 32.8 Å². The number of aromatic nitrogens is 2. The summed E-state index contributed by atoms with van der Waals surface area (Å²) < 4.78 is 70.3. The third-order valence-electron chi connectivity index (χ3n) is 7.60. The molecular weight excluding hydrogens is 507 g/mol. The summed E-state index contributed by atoms with van der Waals surface area (Å²) >= 11 is 0. The highest BCUT2D eigenvalue weighted by Crippen LogP contribution is 2.36. The van der Waals surface area contributed by atoms with Crippen LogP contribution in [-0.4, -0.2) is 61.3 Å². The van der Waals surface area contributed by atoms with E-state index < -0.39 is 28.0 Å². The highest BCUT2D eigenvalue weighted by Gasteiger charge is 2.37. The molecule has 1 fully saturated rings. The lowest BCUT2D eigenvalue weighted by Crippen LogP contribution is -2.34. The summed E-state index contributed by atoms with van der Waals surface area (Å²) in [5.74, 6) is -0.845. The molecule has 2 aliphatic rings. The van der Waals surface area contributed by atoms with E-state index in [1.54, 1.807) is 19.1 Å². The molecule has 1 heterocycles. The number of imidazole rings is 1. The summed E-state index contributed by atoms with van der Waals surface area (Å²) in [6.07, 6.45) is 3.57. The molecule has 0 saturated heterocycles. The largest absolute Gasteiger partial charge is 0.391 e. The number of halogens is 3. The van der Waals surface area contributed by atoms with E-state index >= 15 is 0 Å². The van der Waals surface area contributed by atoms with E-state index in [0.29, 0.717) is 55.0 Å². The van der Waals surface area contributed by atoms with Crippen LogP contribution in [0.2, 0.25) is 0 Å². The van der Waals surface area contributed by atoms with E-state index in [4.69, 9.17) is 4.74 Å². The number of nitrogens with one attached hydrogen (secondary N) is 1. The number of amides is 1. The van der Waals surface area contributed by atoms with Gasteiger partial charge in [0.05, 0.1) is 22.6 Å². The molecule has 1 saturated carbocycles. The van der Waals surface area contributed by atoms with Crippen molar-refractivity contribution in [3.8, 4) is 0 Å². The summed E-state index contributed by atoms with van der Waals surface area (Å²) in [4.78, 5) is 17.6. The minimum absolute atomic E-state index is 0.0869. The molecule has 1 aromatic rings. The van der Waals surface area contributed by atoms with Crippen molar-refractivity contribution in [2.75, 3.05) is 19.9 Å². The number of carbonyl (C=O) groups excluding carboxylic acids is 1. The van der Waals surface area contributed by atoms with E-state index in [-0.39, 0.29) is 23.5 Å². The number of hydrogen-bond donors (Lipinski definition) is 1.